The lowest BCUT2D eigenvalue weighted by atomic mass is 10.2. The Balaban J connectivity index is 2.39. The molecule has 2 N–H and O–H groups in total. The molecule has 0 bridgehead atoms. The van der Waals surface area contributed by atoms with Crippen molar-refractivity contribution in [3.8, 4) is 5.69 Å². The first kappa shape index (κ1) is 11.4. The van der Waals surface area contributed by atoms with E-state index in [4.69, 9.17) is 5.73 Å². The van der Waals surface area contributed by atoms with Crippen LogP contribution in [0.5, 0.6) is 0 Å². The van der Waals surface area contributed by atoms with Gasteiger partial charge < -0.3 is 5.73 Å². The molecular formula is C10H9F3N4. The summed E-state index contributed by atoms with van der Waals surface area (Å²) in [5, 5.41) is 3.87. The third-order valence-electron chi connectivity index (χ3n) is 2.22. The fraction of sp³-hybridized carbons (Fsp3) is 0.200. The van der Waals surface area contributed by atoms with Crippen LogP contribution in [0.4, 0.5) is 19.1 Å². The number of nitrogens with two attached hydrogens (primary N) is 1. The minimum absolute atomic E-state index is 0.0856. The van der Waals surface area contributed by atoms with Crippen LogP contribution in [0, 0.1) is 6.92 Å². The van der Waals surface area contributed by atoms with Gasteiger partial charge in [0.05, 0.1) is 11.3 Å². The molecule has 0 aliphatic heterocycles. The van der Waals surface area contributed by atoms with E-state index in [0.717, 1.165) is 12.1 Å². The normalized spacial score (nSPS) is 11.8. The highest BCUT2D eigenvalue weighted by Gasteiger charge is 2.30. The molecule has 17 heavy (non-hydrogen) atoms. The van der Waals surface area contributed by atoms with Gasteiger partial charge in [-0.05, 0) is 31.2 Å². The molecule has 0 aliphatic carbocycles. The number of benzene rings is 1. The first-order chi connectivity index (χ1) is 7.88. The molecule has 1 aromatic heterocycles. The first-order valence-corrected chi connectivity index (χ1v) is 4.75. The maximum Gasteiger partial charge on any atom is 0.416 e. The highest BCUT2D eigenvalue weighted by atomic mass is 19.4. The highest BCUT2D eigenvalue weighted by molar-refractivity contribution is 5.36. The van der Waals surface area contributed by atoms with E-state index in [0.29, 0.717) is 11.5 Å². The number of hydrogen-bond acceptors (Lipinski definition) is 3. The van der Waals surface area contributed by atoms with Gasteiger partial charge in [-0.3, -0.25) is 0 Å². The van der Waals surface area contributed by atoms with Gasteiger partial charge >= 0.3 is 6.18 Å². The van der Waals surface area contributed by atoms with Gasteiger partial charge in [-0.1, -0.05) is 0 Å². The number of alkyl halides is 3. The molecular weight excluding hydrogens is 233 g/mol. The van der Waals surface area contributed by atoms with Crippen molar-refractivity contribution in [2.45, 2.75) is 13.1 Å². The number of nitrogen functional groups attached to an aromatic ring is 1. The predicted octanol–water partition coefficient (Wildman–Crippen LogP) is 2.18. The summed E-state index contributed by atoms with van der Waals surface area (Å²) in [4.78, 5) is 3.87. The van der Waals surface area contributed by atoms with Gasteiger partial charge in [0.2, 0.25) is 5.95 Å². The molecule has 0 amide bonds. The van der Waals surface area contributed by atoms with Gasteiger partial charge in [0.25, 0.3) is 0 Å². The lowest BCUT2D eigenvalue weighted by Gasteiger charge is -2.07. The standard InChI is InChI=1S/C10H9F3N4/c1-6-15-9(14)16-17(6)8-4-2-7(3-5-8)10(11,12)13/h2-5H,1H3,(H2,14,16). The van der Waals surface area contributed by atoms with Crippen molar-refractivity contribution in [3.05, 3.63) is 35.7 Å². The molecule has 0 aliphatic rings. The average Bonchev–Trinajstić information content (AvgIpc) is 2.57. The molecule has 1 heterocycles. The van der Waals surface area contributed by atoms with Crippen molar-refractivity contribution >= 4 is 5.95 Å². The highest BCUT2D eigenvalue weighted by Crippen LogP contribution is 2.29. The van der Waals surface area contributed by atoms with Crippen molar-refractivity contribution in [1.82, 2.24) is 14.8 Å². The third kappa shape index (κ3) is 2.22. The lowest BCUT2D eigenvalue weighted by Crippen LogP contribution is -2.06. The summed E-state index contributed by atoms with van der Waals surface area (Å²) in [5.74, 6) is 0.602. The van der Waals surface area contributed by atoms with E-state index < -0.39 is 11.7 Å². The molecule has 1 aromatic carbocycles. The Bertz CT molecular complexity index is 527. The van der Waals surface area contributed by atoms with E-state index in [1.54, 1.807) is 6.92 Å². The zero-order valence-corrected chi connectivity index (χ0v) is 8.86. The summed E-state index contributed by atoms with van der Waals surface area (Å²) >= 11 is 0. The second-order valence-corrected chi connectivity index (χ2v) is 3.47. The van der Waals surface area contributed by atoms with Gasteiger partial charge in [-0.15, -0.1) is 5.10 Å². The van der Waals surface area contributed by atoms with Crippen molar-refractivity contribution in [2.75, 3.05) is 5.73 Å². The summed E-state index contributed by atoms with van der Waals surface area (Å²) in [6, 6.07) is 4.63. The van der Waals surface area contributed by atoms with E-state index in [-0.39, 0.29) is 5.95 Å². The number of hydrogen-bond donors (Lipinski definition) is 1. The van der Waals surface area contributed by atoms with E-state index in [1.165, 1.54) is 16.8 Å². The summed E-state index contributed by atoms with van der Waals surface area (Å²) < 4.78 is 38.4. The minimum Gasteiger partial charge on any atom is -0.366 e. The summed E-state index contributed by atoms with van der Waals surface area (Å²) in [5.41, 5.74) is 5.18. The monoisotopic (exact) mass is 242 g/mol. The quantitative estimate of drug-likeness (QED) is 0.833. The fourth-order valence-electron chi connectivity index (χ4n) is 1.45. The largest absolute Gasteiger partial charge is 0.416 e. The minimum atomic E-state index is -4.34. The van der Waals surface area contributed by atoms with Crippen LogP contribution >= 0.6 is 0 Å². The molecule has 90 valence electrons. The van der Waals surface area contributed by atoms with Gasteiger partial charge in [-0.2, -0.15) is 18.2 Å². The summed E-state index contributed by atoms with van der Waals surface area (Å²) in [6.45, 7) is 1.67. The molecule has 2 aromatic rings. The van der Waals surface area contributed by atoms with E-state index in [9.17, 15) is 13.2 Å². The van der Waals surface area contributed by atoms with E-state index in [2.05, 4.69) is 10.1 Å². The lowest BCUT2D eigenvalue weighted by molar-refractivity contribution is -0.137. The Morgan fingerprint density at radius 3 is 2.18 bits per heavy atom. The van der Waals surface area contributed by atoms with Crippen molar-refractivity contribution in [3.63, 3.8) is 0 Å². The van der Waals surface area contributed by atoms with E-state index >= 15 is 0 Å². The summed E-state index contributed by atoms with van der Waals surface area (Å²) in [6.07, 6.45) is -4.34. The Morgan fingerprint density at radius 2 is 1.76 bits per heavy atom. The molecule has 7 heteroatoms. The average molecular weight is 242 g/mol. The number of nitrogens with zero attached hydrogens (tertiary/aromatic N) is 3. The molecule has 2 rings (SSSR count). The van der Waals surface area contributed by atoms with Gasteiger partial charge in [0.15, 0.2) is 0 Å². The molecule has 0 saturated heterocycles. The summed E-state index contributed by atoms with van der Waals surface area (Å²) in [7, 11) is 0. The number of halogens is 3. The smallest absolute Gasteiger partial charge is 0.366 e. The van der Waals surface area contributed by atoms with Crippen molar-refractivity contribution in [1.29, 1.82) is 0 Å². The molecule has 0 radical (unpaired) electrons. The van der Waals surface area contributed by atoms with Crippen LogP contribution in [0.15, 0.2) is 24.3 Å². The molecule has 0 fully saturated rings. The van der Waals surface area contributed by atoms with Gasteiger partial charge in [0.1, 0.15) is 5.82 Å². The van der Waals surface area contributed by atoms with Crippen LogP contribution in [0.2, 0.25) is 0 Å². The number of aromatic nitrogens is 3. The second-order valence-electron chi connectivity index (χ2n) is 3.47. The van der Waals surface area contributed by atoms with Crippen LogP contribution in [-0.2, 0) is 6.18 Å². The Labute approximate surface area is 94.9 Å². The maximum absolute atomic E-state index is 12.4. The number of aryl methyl sites for hydroxylation is 1. The van der Waals surface area contributed by atoms with Crippen LogP contribution in [0.3, 0.4) is 0 Å². The van der Waals surface area contributed by atoms with Crippen LogP contribution in [0.1, 0.15) is 11.4 Å². The van der Waals surface area contributed by atoms with Crippen LogP contribution in [0.25, 0.3) is 5.69 Å². The topological polar surface area (TPSA) is 56.7 Å². The maximum atomic E-state index is 12.4. The van der Waals surface area contributed by atoms with Crippen LogP contribution in [-0.4, -0.2) is 14.8 Å². The molecule has 0 saturated carbocycles. The molecule has 4 nitrogen and oxygen atoms in total. The number of rotatable bonds is 1. The molecule has 0 atom stereocenters. The van der Waals surface area contributed by atoms with Crippen molar-refractivity contribution in [2.24, 2.45) is 0 Å². The second kappa shape index (κ2) is 3.76. The molecule has 0 spiro atoms. The Hall–Kier alpha value is -2.05. The first-order valence-electron chi connectivity index (χ1n) is 4.75. The predicted molar refractivity (Wildman–Crippen MR) is 55.5 cm³/mol. The fourth-order valence-corrected chi connectivity index (χ4v) is 1.45. The zero-order valence-electron chi connectivity index (χ0n) is 8.86. The number of anilines is 1. The third-order valence-corrected chi connectivity index (χ3v) is 2.22. The van der Waals surface area contributed by atoms with Crippen LogP contribution < -0.4 is 5.73 Å². The van der Waals surface area contributed by atoms with Crippen molar-refractivity contribution < 1.29 is 13.2 Å². The molecule has 0 unspecified atom stereocenters. The zero-order chi connectivity index (χ0) is 12.6. The Morgan fingerprint density at radius 1 is 1.18 bits per heavy atom. The van der Waals surface area contributed by atoms with E-state index in [1.807, 2.05) is 0 Å². The Kier molecular flexibility index (Phi) is 2.53. The van der Waals surface area contributed by atoms with Gasteiger partial charge in [-0.25, -0.2) is 4.68 Å². The SMILES string of the molecule is Cc1nc(N)nn1-c1ccc(C(F)(F)F)cc1. The van der Waals surface area contributed by atoms with Gasteiger partial charge in [0, 0.05) is 0 Å².